The molecule has 0 aromatic heterocycles. The number of hydrogen-bond donors (Lipinski definition) is 2. The van der Waals surface area contributed by atoms with Crippen LogP contribution in [0.15, 0.2) is 0 Å². The summed E-state index contributed by atoms with van der Waals surface area (Å²) in [4.78, 5) is 1.25. The monoisotopic (exact) mass is 228 g/mol. The highest BCUT2D eigenvalue weighted by molar-refractivity contribution is 4.85. The number of likely N-dealkylation sites (N-methyl/N-ethyl adjacent to an activating group) is 1. The molecule has 2 unspecified atom stereocenters. The van der Waals surface area contributed by atoms with E-state index in [1.807, 2.05) is 0 Å². The second-order valence-electron chi connectivity index (χ2n) is 3.55. The van der Waals surface area contributed by atoms with Crippen molar-refractivity contribution in [3.05, 3.63) is 0 Å². The Labute approximate surface area is 88.0 Å². The van der Waals surface area contributed by atoms with E-state index in [0.29, 0.717) is 6.42 Å². The molecule has 0 saturated heterocycles. The molecule has 0 saturated carbocycles. The van der Waals surface area contributed by atoms with Crippen LogP contribution in [0.4, 0.5) is 13.2 Å². The molecular formula is C9H19F3N2O. The number of alkyl halides is 3. The van der Waals surface area contributed by atoms with Gasteiger partial charge in [-0.1, -0.05) is 6.92 Å². The van der Waals surface area contributed by atoms with E-state index in [2.05, 4.69) is 0 Å². The van der Waals surface area contributed by atoms with Gasteiger partial charge in [-0.15, -0.1) is 0 Å². The molecule has 3 nitrogen and oxygen atoms in total. The van der Waals surface area contributed by atoms with E-state index >= 15 is 0 Å². The van der Waals surface area contributed by atoms with Crippen LogP contribution in [0.5, 0.6) is 0 Å². The lowest BCUT2D eigenvalue weighted by molar-refractivity contribution is -0.188. The topological polar surface area (TPSA) is 49.5 Å². The van der Waals surface area contributed by atoms with Crippen molar-refractivity contribution >= 4 is 0 Å². The Morgan fingerprint density at radius 2 is 1.93 bits per heavy atom. The molecule has 3 N–H and O–H groups in total. The molecular weight excluding hydrogens is 209 g/mol. The fraction of sp³-hybridized carbons (Fsp3) is 1.00. The average molecular weight is 228 g/mol. The lowest BCUT2D eigenvalue weighted by Crippen LogP contribution is -2.55. The summed E-state index contributed by atoms with van der Waals surface area (Å²) in [6.45, 7) is 3.36. The van der Waals surface area contributed by atoms with Crippen molar-refractivity contribution in [3.8, 4) is 0 Å². The van der Waals surface area contributed by atoms with Crippen LogP contribution in [-0.2, 0) is 0 Å². The van der Waals surface area contributed by atoms with Gasteiger partial charge in [0.2, 0.25) is 0 Å². The van der Waals surface area contributed by atoms with Crippen molar-refractivity contribution in [3.63, 3.8) is 0 Å². The Kier molecular flexibility index (Phi) is 6.16. The summed E-state index contributed by atoms with van der Waals surface area (Å²) in [5.41, 5.74) is 5.35. The zero-order valence-electron chi connectivity index (χ0n) is 9.09. The molecule has 0 aliphatic rings. The Bertz CT molecular complexity index is 173. The lowest BCUT2D eigenvalue weighted by atomic mass is 10.1. The number of rotatable bonds is 6. The minimum Gasteiger partial charge on any atom is -0.396 e. The molecule has 0 aliphatic heterocycles. The Morgan fingerprint density at radius 3 is 2.20 bits per heavy atom. The minimum atomic E-state index is -4.32. The molecule has 0 aliphatic carbocycles. The van der Waals surface area contributed by atoms with Gasteiger partial charge < -0.3 is 10.8 Å². The Morgan fingerprint density at radius 1 is 1.40 bits per heavy atom. The van der Waals surface area contributed by atoms with E-state index in [1.165, 1.54) is 11.8 Å². The van der Waals surface area contributed by atoms with Gasteiger partial charge >= 0.3 is 6.18 Å². The van der Waals surface area contributed by atoms with E-state index < -0.39 is 18.3 Å². The normalized spacial score (nSPS) is 16.8. The van der Waals surface area contributed by atoms with Gasteiger partial charge in [0.1, 0.15) is 6.04 Å². The number of nitrogens with zero attached hydrogens (tertiary/aromatic N) is 1. The van der Waals surface area contributed by atoms with E-state index in [-0.39, 0.29) is 19.7 Å². The van der Waals surface area contributed by atoms with E-state index in [9.17, 15) is 13.2 Å². The van der Waals surface area contributed by atoms with Gasteiger partial charge in [-0.2, -0.15) is 13.2 Å². The third kappa shape index (κ3) is 4.81. The molecule has 0 amide bonds. The van der Waals surface area contributed by atoms with Crippen LogP contribution < -0.4 is 5.73 Å². The highest BCUT2D eigenvalue weighted by Gasteiger charge is 2.45. The average Bonchev–Trinajstić information content (AvgIpc) is 2.08. The van der Waals surface area contributed by atoms with Crippen molar-refractivity contribution in [2.24, 2.45) is 5.73 Å². The summed E-state index contributed by atoms with van der Waals surface area (Å²) >= 11 is 0. The molecule has 0 radical (unpaired) electrons. The first-order valence-electron chi connectivity index (χ1n) is 5.01. The van der Waals surface area contributed by atoms with Crippen LogP contribution in [0.3, 0.4) is 0 Å². The zero-order valence-corrected chi connectivity index (χ0v) is 9.09. The molecule has 0 aromatic rings. The van der Waals surface area contributed by atoms with Crippen molar-refractivity contribution in [1.29, 1.82) is 0 Å². The van der Waals surface area contributed by atoms with Crippen LogP contribution in [0.25, 0.3) is 0 Å². The Hall–Kier alpha value is -0.330. The SMILES string of the molecule is CCN(CCCO)C(C(C)N)C(F)(F)F. The molecule has 6 heteroatoms. The van der Waals surface area contributed by atoms with Gasteiger partial charge in [0.05, 0.1) is 0 Å². The van der Waals surface area contributed by atoms with Crippen molar-refractivity contribution in [1.82, 2.24) is 4.90 Å². The van der Waals surface area contributed by atoms with Crippen molar-refractivity contribution in [2.75, 3.05) is 19.7 Å². The summed E-state index contributed by atoms with van der Waals surface area (Å²) in [6, 6.07) is -2.60. The molecule has 0 rings (SSSR count). The van der Waals surface area contributed by atoms with Crippen LogP contribution in [0, 0.1) is 0 Å². The predicted molar refractivity (Wildman–Crippen MR) is 52.4 cm³/mol. The molecule has 0 bridgehead atoms. The van der Waals surface area contributed by atoms with Crippen molar-refractivity contribution < 1.29 is 18.3 Å². The number of nitrogens with two attached hydrogens (primary N) is 1. The van der Waals surface area contributed by atoms with Crippen LogP contribution in [-0.4, -0.2) is 48.0 Å². The Balaban J connectivity index is 4.56. The molecule has 0 fully saturated rings. The number of aliphatic hydroxyl groups excluding tert-OH is 1. The summed E-state index contributed by atoms with van der Waals surface area (Å²) in [5, 5.41) is 8.59. The molecule has 0 heterocycles. The maximum Gasteiger partial charge on any atom is 0.405 e. The summed E-state index contributed by atoms with van der Waals surface area (Å²) in [7, 11) is 0. The van der Waals surface area contributed by atoms with E-state index in [1.54, 1.807) is 6.92 Å². The predicted octanol–water partition coefficient (Wildman–Crippen LogP) is 0.969. The zero-order chi connectivity index (χ0) is 12.1. The minimum absolute atomic E-state index is 0.111. The van der Waals surface area contributed by atoms with Gasteiger partial charge in [0, 0.05) is 19.2 Å². The summed E-state index contributed by atoms with van der Waals surface area (Å²) in [6.07, 6.45) is -3.99. The van der Waals surface area contributed by atoms with Gasteiger partial charge in [0.15, 0.2) is 0 Å². The van der Waals surface area contributed by atoms with Crippen molar-refractivity contribution in [2.45, 2.75) is 38.5 Å². The summed E-state index contributed by atoms with van der Waals surface area (Å²) in [5.74, 6) is 0. The largest absolute Gasteiger partial charge is 0.405 e. The fourth-order valence-electron chi connectivity index (χ4n) is 1.61. The maximum atomic E-state index is 12.7. The van der Waals surface area contributed by atoms with Gasteiger partial charge in [-0.25, -0.2) is 0 Å². The molecule has 2 atom stereocenters. The first kappa shape index (κ1) is 14.7. The van der Waals surface area contributed by atoms with Gasteiger partial charge in [-0.3, -0.25) is 4.90 Å². The smallest absolute Gasteiger partial charge is 0.396 e. The van der Waals surface area contributed by atoms with Crippen LogP contribution in [0.1, 0.15) is 20.3 Å². The molecule has 0 spiro atoms. The number of hydrogen-bond acceptors (Lipinski definition) is 3. The third-order valence-electron chi connectivity index (χ3n) is 2.24. The van der Waals surface area contributed by atoms with Gasteiger partial charge in [0.25, 0.3) is 0 Å². The van der Waals surface area contributed by atoms with Gasteiger partial charge in [-0.05, 0) is 19.9 Å². The standard InChI is InChI=1S/C9H19F3N2O/c1-3-14(5-4-6-15)8(7(2)13)9(10,11)12/h7-8,15H,3-6,13H2,1-2H3. The number of halogens is 3. The van der Waals surface area contributed by atoms with E-state index in [0.717, 1.165) is 0 Å². The lowest BCUT2D eigenvalue weighted by Gasteiger charge is -2.34. The second kappa shape index (κ2) is 6.30. The first-order valence-corrected chi connectivity index (χ1v) is 5.01. The number of aliphatic hydroxyl groups is 1. The summed E-state index contributed by atoms with van der Waals surface area (Å²) < 4.78 is 38.0. The highest BCUT2D eigenvalue weighted by atomic mass is 19.4. The van der Waals surface area contributed by atoms with Crippen LogP contribution in [0.2, 0.25) is 0 Å². The molecule has 0 aromatic carbocycles. The highest BCUT2D eigenvalue weighted by Crippen LogP contribution is 2.26. The first-order chi connectivity index (χ1) is 6.84. The second-order valence-corrected chi connectivity index (χ2v) is 3.55. The third-order valence-corrected chi connectivity index (χ3v) is 2.24. The van der Waals surface area contributed by atoms with E-state index in [4.69, 9.17) is 10.8 Å². The quantitative estimate of drug-likeness (QED) is 0.712. The maximum absolute atomic E-state index is 12.7. The molecule has 15 heavy (non-hydrogen) atoms. The molecule has 92 valence electrons. The van der Waals surface area contributed by atoms with Crippen LogP contribution >= 0.6 is 0 Å². The fourth-order valence-corrected chi connectivity index (χ4v) is 1.61.